The van der Waals surface area contributed by atoms with Crippen LogP contribution in [0.4, 0.5) is 10.1 Å². The van der Waals surface area contributed by atoms with E-state index in [-0.39, 0.29) is 24.3 Å². The summed E-state index contributed by atoms with van der Waals surface area (Å²) in [5.41, 5.74) is 4.37. The Morgan fingerprint density at radius 3 is 2.27 bits per heavy atom. The van der Waals surface area contributed by atoms with Crippen LogP contribution in [0, 0.1) is 5.82 Å². The van der Waals surface area contributed by atoms with E-state index in [0.717, 1.165) is 29.1 Å². The van der Waals surface area contributed by atoms with Gasteiger partial charge in [-0.25, -0.2) is 9.38 Å². The number of para-hydroxylation sites is 1. The van der Waals surface area contributed by atoms with Gasteiger partial charge in [0.1, 0.15) is 11.7 Å². The SMILES string of the molecule is CN1C(c2ccccc2)=Nc2ccccc2CC1c1ccc(F)cc1.Cl. The van der Waals surface area contributed by atoms with E-state index in [1.807, 2.05) is 42.5 Å². The lowest BCUT2D eigenvalue weighted by Gasteiger charge is -2.30. The Balaban J connectivity index is 0.00000196. The molecule has 3 aromatic rings. The van der Waals surface area contributed by atoms with Crippen molar-refractivity contribution in [3.8, 4) is 0 Å². The number of halogens is 2. The zero-order valence-electron chi connectivity index (χ0n) is 14.5. The highest BCUT2D eigenvalue weighted by molar-refractivity contribution is 6.01. The minimum atomic E-state index is -0.211. The number of amidine groups is 1. The number of nitrogens with zero attached hydrogens (tertiary/aromatic N) is 2. The van der Waals surface area contributed by atoms with Gasteiger partial charge in [0.15, 0.2) is 0 Å². The average molecular weight is 367 g/mol. The Morgan fingerprint density at radius 2 is 1.54 bits per heavy atom. The van der Waals surface area contributed by atoms with Crippen molar-refractivity contribution in [2.45, 2.75) is 12.5 Å². The summed E-state index contributed by atoms with van der Waals surface area (Å²) in [4.78, 5) is 7.15. The van der Waals surface area contributed by atoms with Crippen LogP contribution < -0.4 is 0 Å². The van der Waals surface area contributed by atoms with E-state index in [9.17, 15) is 4.39 Å². The van der Waals surface area contributed by atoms with Gasteiger partial charge in [0.05, 0.1) is 11.7 Å². The highest BCUT2D eigenvalue weighted by Gasteiger charge is 2.26. The van der Waals surface area contributed by atoms with E-state index in [4.69, 9.17) is 4.99 Å². The van der Waals surface area contributed by atoms with Gasteiger partial charge in [-0.2, -0.15) is 0 Å². The summed E-state index contributed by atoms with van der Waals surface area (Å²) in [7, 11) is 2.06. The molecule has 0 spiro atoms. The quantitative estimate of drug-likeness (QED) is 0.580. The van der Waals surface area contributed by atoms with Gasteiger partial charge in [0, 0.05) is 12.6 Å². The number of hydrogen-bond acceptors (Lipinski definition) is 2. The molecule has 1 aliphatic heterocycles. The van der Waals surface area contributed by atoms with Crippen molar-refractivity contribution in [1.82, 2.24) is 4.90 Å². The lowest BCUT2D eigenvalue weighted by molar-refractivity contribution is 0.376. The Kier molecular flexibility index (Phi) is 5.38. The molecule has 0 saturated heterocycles. The average Bonchev–Trinajstić information content (AvgIpc) is 2.80. The van der Waals surface area contributed by atoms with E-state index in [0.29, 0.717) is 0 Å². The molecule has 132 valence electrons. The van der Waals surface area contributed by atoms with E-state index >= 15 is 0 Å². The molecule has 0 saturated carbocycles. The molecule has 1 heterocycles. The topological polar surface area (TPSA) is 15.6 Å². The molecule has 0 fully saturated rings. The van der Waals surface area contributed by atoms with Crippen LogP contribution in [0.3, 0.4) is 0 Å². The molecule has 0 radical (unpaired) electrons. The predicted octanol–water partition coefficient (Wildman–Crippen LogP) is 5.56. The molecule has 0 bridgehead atoms. The van der Waals surface area contributed by atoms with Crippen LogP contribution in [0.2, 0.25) is 0 Å². The van der Waals surface area contributed by atoms with Crippen LogP contribution in [0.15, 0.2) is 83.9 Å². The van der Waals surface area contributed by atoms with E-state index in [1.165, 1.54) is 17.7 Å². The second-order valence-corrected chi connectivity index (χ2v) is 6.31. The minimum absolute atomic E-state index is 0. The molecule has 1 atom stereocenters. The number of aliphatic imine (C=N–C) groups is 1. The third-order valence-corrected chi connectivity index (χ3v) is 4.72. The molecule has 2 nitrogen and oxygen atoms in total. The van der Waals surface area contributed by atoms with Crippen LogP contribution in [0.5, 0.6) is 0 Å². The van der Waals surface area contributed by atoms with Gasteiger partial charge in [0.25, 0.3) is 0 Å². The van der Waals surface area contributed by atoms with E-state index in [1.54, 1.807) is 0 Å². The highest BCUT2D eigenvalue weighted by Crippen LogP contribution is 2.34. The highest BCUT2D eigenvalue weighted by atomic mass is 35.5. The maximum Gasteiger partial charge on any atom is 0.136 e. The predicted molar refractivity (Wildman–Crippen MR) is 107 cm³/mol. The minimum Gasteiger partial charge on any atom is -0.352 e. The Labute approximate surface area is 159 Å². The normalized spacial score (nSPS) is 16.2. The number of benzene rings is 3. The Hall–Kier alpha value is -2.65. The van der Waals surface area contributed by atoms with Crippen LogP contribution in [-0.4, -0.2) is 17.8 Å². The van der Waals surface area contributed by atoms with Crippen LogP contribution in [-0.2, 0) is 6.42 Å². The van der Waals surface area contributed by atoms with Gasteiger partial charge in [-0.15, -0.1) is 12.4 Å². The molecular formula is C22H20ClFN2. The Bertz CT molecular complexity index is 907. The fourth-order valence-electron chi connectivity index (χ4n) is 3.36. The number of likely N-dealkylation sites (N-methyl/N-ethyl adjacent to an activating group) is 1. The summed E-state index contributed by atoms with van der Waals surface area (Å²) in [6.45, 7) is 0. The van der Waals surface area contributed by atoms with E-state index < -0.39 is 0 Å². The molecule has 4 rings (SSSR count). The van der Waals surface area contributed by atoms with Crippen molar-refractivity contribution in [3.63, 3.8) is 0 Å². The first kappa shape index (κ1) is 18.2. The molecule has 4 heteroatoms. The molecule has 0 amide bonds. The first-order valence-electron chi connectivity index (χ1n) is 8.43. The maximum atomic E-state index is 13.4. The summed E-state index contributed by atoms with van der Waals surface area (Å²) in [6.07, 6.45) is 0.831. The molecule has 3 aromatic carbocycles. The van der Waals surface area contributed by atoms with Gasteiger partial charge in [-0.3, -0.25) is 0 Å². The van der Waals surface area contributed by atoms with Crippen LogP contribution in [0.25, 0.3) is 0 Å². The molecule has 1 unspecified atom stereocenters. The summed E-state index contributed by atoms with van der Waals surface area (Å²) in [5.74, 6) is 0.720. The first-order valence-corrected chi connectivity index (χ1v) is 8.43. The second kappa shape index (κ2) is 7.71. The van der Waals surface area contributed by atoms with Gasteiger partial charge in [-0.05, 0) is 35.7 Å². The number of fused-ring (bicyclic) bond motifs is 1. The van der Waals surface area contributed by atoms with Gasteiger partial charge in [0.2, 0.25) is 0 Å². The molecular weight excluding hydrogens is 347 g/mol. The summed E-state index contributed by atoms with van der Waals surface area (Å²) in [6, 6.07) is 25.3. The largest absolute Gasteiger partial charge is 0.352 e. The van der Waals surface area contributed by atoms with Crippen LogP contribution >= 0.6 is 12.4 Å². The van der Waals surface area contributed by atoms with Crippen LogP contribution in [0.1, 0.15) is 22.7 Å². The number of hydrogen-bond donors (Lipinski definition) is 0. The third kappa shape index (κ3) is 3.49. The summed E-state index contributed by atoms with van der Waals surface area (Å²) in [5, 5.41) is 0. The molecule has 0 N–H and O–H groups in total. The third-order valence-electron chi connectivity index (χ3n) is 4.72. The molecule has 1 aliphatic rings. The lowest BCUT2D eigenvalue weighted by Crippen LogP contribution is -2.32. The zero-order valence-corrected chi connectivity index (χ0v) is 15.3. The zero-order chi connectivity index (χ0) is 17.2. The Morgan fingerprint density at radius 1 is 0.885 bits per heavy atom. The van der Waals surface area contributed by atoms with Crippen molar-refractivity contribution < 1.29 is 4.39 Å². The smallest absolute Gasteiger partial charge is 0.136 e. The summed E-state index contributed by atoms with van der Waals surface area (Å²) < 4.78 is 13.4. The molecule has 0 aromatic heterocycles. The molecule has 26 heavy (non-hydrogen) atoms. The van der Waals surface area contributed by atoms with Crippen molar-refractivity contribution in [1.29, 1.82) is 0 Å². The molecule has 0 aliphatic carbocycles. The standard InChI is InChI=1S/C22H19FN2.ClH/c1-25-21(16-11-13-19(23)14-12-16)15-18-9-5-6-10-20(18)24-22(25)17-7-3-2-4-8-17;/h2-14,21H,15H2,1H3;1H. The second-order valence-electron chi connectivity index (χ2n) is 6.31. The van der Waals surface area contributed by atoms with Crippen molar-refractivity contribution in [2.24, 2.45) is 4.99 Å². The van der Waals surface area contributed by atoms with Gasteiger partial charge in [-0.1, -0.05) is 60.7 Å². The fourth-order valence-corrected chi connectivity index (χ4v) is 3.36. The maximum absolute atomic E-state index is 13.4. The van der Waals surface area contributed by atoms with Crippen molar-refractivity contribution >= 4 is 23.9 Å². The van der Waals surface area contributed by atoms with Gasteiger partial charge >= 0.3 is 0 Å². The van der Waals surface area contributed by atoms with Crippen molar-refractivity contribution in [2.75, 3.05) is 7.05 Å². The monoisotopic (exact) mass is 366 g/mol. The van der Waals surface area contributed by atoms with Gasteiger partial charge < -0.3 is 4.90 Å². The fraction of sp³-hybridized carbons (Fsp3) is 0.136. The van der Waals surface area contributed by atoms with Crippen molar-refractivity contribution in [3.05, 3.63) is 101 Å². The summed E-state index contributed by atoms with van der Waals surface area (Å²) >= 11 is 0. The number of rotatable bonds is 2. The van der Waals surface area contributed by atoms with E-state index in [2.05, 4.69) is 36.2 Å². The lowest BCUT2D eigenvalue weighted by atomic mass is 9.97. The first-order chi connectivity index (χ1) is 12.2.